The van der Waals surface area contributed by atoms with E-state index in [1.807, 2.05) is 13.1 Å². The molecule has 2 saturated heterocycles. The molecule has 0 radical (unpaired) electrons. The number of aromatic nitrogens is 2. The Morgan fingerprint density at radius 2 is 2.20 bits per heavy atom. The largest absolute Gasteiger partial charge is 0.482 e. The smallest absolute Gasteiger partial charge is 0.246 e. The summed E-state index contributed by atoms with van der Waals surface area (Å²) >= 11 is 0. The lowest BCUT2D eigenvalue weighted by atomic mass is 10.1. The molecule has 3 rings (SSSR count). The monoisotopic (exact) mass is 352 g/mol. The van der Waals surface area contributed by atoms with Crippen molar-refractivity contribution in [2.24, 2.45) is 0 Å². The number of ether oxygens (including phenoxy) is 3. The molecule has 0 spiro atoms. The maximum Gasteiger partial charge on any atom is 0.246 e. The lowest BCUT2D eigenvalue weighted by Gasteiger charge is -2.38. The van der Waals surface area contributed by atoms with Crippen molar-refractivity contribution in [1.29, 1.82) is 0 Å². The Morgan fingerprint density at radius 3 is 2.88 bits per heavy atom. The van der Waals surface area contributed by atoms with Crippen LogP contribution in [0.2, 0.25) is 0 Å². The number of aryl methyl sites for hydroxylation is 1. The van der Waals surface area contributed by atoms with E-state index in [1.165, 1.54) is 6.92 Å². The van der Waals surface area contributed by atoms with Gasteiger partial charge in [-0.25, -0.2) is 0 Å². The highest BCUT2D eigenvalue weighted by atomic mass is 16.5. The number of nitrogens with zero attached hydrogens (tertiary/aromatic N) is 3. The minimum Gasteiger partial charge on any atom is -0.482 e. The van der Waals surface area contributed by atoms with Crippen LogP contribution in [0.4, 0.5) is 0 Å². The Hall–Kier alpha value is -2.13. The van der Waals surface area contributed by atoms with E-state index >= 15 is 0 Å². The summed E-state index contributed by atoms with van der Waals surface area (Å²) in [7, 11) is 0. The van der Waals surface area contributed by atoms with Gasteiger partial charge in [-0.15, -0.1) is 0 Å². The van der Waals surface area contributed by atoms with E-state index in [4.69, 9.17) is 14.2 Å². The minimum absolute atomic E-state index is 0.0267. The van der Waals surface area contributed by atoms with Gasteiger partial charge in [-0.05, 0) is 6.92 Å². The van der Waals surface area contributed by atoms with Crippen LogP contribution < -0.4 is 10.1 Å². The summed E-state index contributed by atoms with van der Waals surface area (Å²) in [6, 6.07) is -0.226. The highest BCUT2D eigenvalue weighted by Gasteiger charge is 2.33. The van der Waals surface area contributed by atoms with Gasteiger partial charge in [-0.3, -0.25) is 14.3 Å². The first-order valence-corrected chi connectivity index (χ1v) is 8.48. The van der Waals surface area contributed by atoms with Crippen molar-refractivity contribution in [2.45, 2.75) is 38.6 Å². The van der Waals surface area contributed by atoms with Crippen molar-refractivity contribution in [3.8, 4) is 5.75 Å². The summed E-state index contributed by atoms with van der Waals surface area (Å²) in [5, 5.41) is 7.05. The van der Waals surface area contributed by atoms with Crippen LogP contribution in [0.3, 0.4) is 0 Å². The Labute approximate surface area is 146 Å². The number of likely N-dealkylation sites (tertiary alicyclic amines) is 1. The normalized spacial score (nSPS) is 23.4. The van der Waals surface area contributed by atoms with Gasteiger partial charge >= 0.3 is 0 Å². The maximum atomic E-state index is 12.1. The molecule has 2 amide bonds. The van der Waals surface area contributed by atoms with Gasteiger partial charge in [0.1, 0.15) is 12.7 Å². The number of hydrogen-bond donors (Lipinski definition) is 1. The second-order valence-corrected chi connectivity index (χ2v) is 6.26. The summed E-state index contributed by atoms with van der Waals surface area (Å²) in [6.45, 7) is 6.16. The van der Waals surface area contributed by atoms with E-state index in [0.29, 0.717) is 32.1 Å². The first-order valence-electron chi connectivity index (χ1n) is 8.48. The van der Waals surface area contributed by atoms with Crippen molar-refractivity contribution in [3.63, 3.8) is 0 Å². The van der Waals surface area contributed by atoms with Crippen molar-refractivity contribution in [2.75, 3.05) is 32.9 Å². The van der Waals surface area contributed by atoms with Crippen LogP contribution in [-0.2, 0) is 25.6 Å². The highest BCUT2D eigenvalue weighted by molar-refractivity contribution is 5.77. The average Bonchev–Trinajstić information content (AvgIpc) is 3.15. The van der Waals surface area contributed by atoms with E-state index in [1.54, 1.807) is 15.8 Å². The van der Waals surface area contributed by atoms with Crippen LogP contribution in [0.5, 0.6) is 5.75 Å². The SMILES string of the molecule is CCn1cc(O[C@@H]2COC[C@@H]2NC(=O)COC2CN(C(C)=O)C2)cn1. The molecule has 138 valence electrons. The second kappa shape index (κ2) is 7.83. The zero-order valence-electron chi connectivity index (χ0n) is 14.5. The molecule has 1 N–H and O–H groups in total. The summed E-state index contributed by atoms with van der Waals surface area (Å²) in [5.74, 6) is 0.472. The quantitative estimate of drug-likeness (QED) is 0.705. The summed E-state index contributed by atoms with van der Waals surface area (Å²) in [5.41, 5.74) is 0. The summed E-state index contributed by atoms with van der Waals surface area (Å²) in [4.78, 5) is 24.8. The van der Waals surface area contributed by atoms with E-state index in [-0.39, 0.29) is 36.7 Å². The van der Waals surface area contributed by atoms with Crippen molar-refractivity contribution >= 4 is 11.8 Å². The lowest BCUT2D eigenvalue weighted by molar-refractivity contribution is -0.146. The predicted octanol–water partition coefficient (Wildman–Crippen LogP) is -0.587. The fourth-order valence-electron chi connectivity index (χ4n) is 2.78. The van der Waals surface area contributed by atoms with Crippen molar-refractivity contribution < 1.29 is 23.8 Å². The molecule has 1 aromatic rings. The molecule has 0 aromatic carbocycles. The van der Waals surface area contributed by atoms with Gasteiger partial charge in [0.05, 0.1) is 37.8 Å². The number of amides is 2. The van der Waals surface area contributed by atoms with E-state index < -0.39 is 0 Å². The van der Waals surface area contributed by atoms with Crippen LogP contribution in [0.15, 0.2) is 12.4 Å². The third-order valence-electron chi connectivity index (χ3n) is 4.34. The van der Waals surface area contributed by atoms with E-state index in [9.17, 15) is 9.59 Å². The van der Waals surface area contributed by atoms with Gasteiger partial charge in [0.25, 0.3) is 0 Å². The first-order chi connectivity index (χ1) is 12.0. The average molecular weight is 352 g/mol. The minimum atomic E-state index is -0.254. The molecule has 0 unspecified atom stereocenters. The number of nitrogens with one attached hydrogen (secondary N) is 1. The number of carbonyl (C=O) groups is 2. The van der Waals surface area contributed by atoms with E-state index in [0.717, 1.165) is 6.54 Å². The molecule has 3 heterocycles. The zero-order chi connectivity index (χ0) is 17.8. The Kier molecular flexibility index (Phi) is 5.54. The molecule has 0 saturated carbocycles. The van der Waals surface area contributed by atoms with E-state index in [2.05, 4.69) is 10.4 Å². The Balaban J connectivity index is 1.40. The Bertz CT molecular complexity index is 613. The third kappa shape index (κ3) is 4.49. The predicted molar refractivity (Wildman–Crippen MR) is 87.1 cm³/mol. The molecule has 25 heavy (non-hydrogen) atoms. The van der Waals surface area contributed by atoms with Crippen LogP contribution >= 0.6 is 0 Å². The summed E-state index contributed by atoms with van der Waals surface area (Å²) < 4.78 is 18.6. The van der Waals surface area contributed by atoms with Gasteiger partial charge in [-0.1, -0.05) is 0 Å². The Morgan fingerprint density at radius 1 is 1.40 bits per heavy atom. The molecular weight excluding hydrogens is 328 g/mol. The molecule has 2 atom stereocenters. The maximum absolute atomic E-state index is 12.1. The van der Waals surface area contributed by atoms with Gasteiger partial charge in [0, 0.05) is 26.6 Å². The number of rotatable bonds is 7. The van der Waals surface area contributed by atoms with Crippen LogP contribution in [0.1, 0.15) is 13.8 Å². The van der Waals surface area contributed by atoms with Crippen LogP contribution in [-0.4, -0.2) is 77.7 Å². The molecule has 2 aliphatic rings. The van der Waals surface area contributed by atoms with Crippen molar-refractivity contribution in [1.82, 2.24) is 20.0 Å². The fourth-order valence-corrected chi connectivity index (χ4v) is 2.78. The van der Waals surface area contributed by atoms with Crippen molar-refractivity contribution in [3.05, 3.63) is 12.4 Å². The molecule has 9 heteroatoms. The third-order valence-corrected chi connectivity index (χ3v) is 4.34. The van der Waals surface area contributed by atoms with Gasteiger partial charge in [-0.2, -0.15) is 5.10 Å². The highest BCUT2D eigenvalue weighted by Crippen LogP contribution is 2.17. The van der Waals surface area contributed by atoms with Gasteiger partial charge in [0.15, 0.2) is 5.75 Å². The molecule has 2 fully saturated rings. The molecule has 0 aliphatic carbocycles. The van der Waals surface area contributed by atoms with Gasteiger partial charge < -0.3 is 24.4 Å². The zero-order valence-corrected chi connectivity index (χ0v) is 14.5. The lowest BCUT2D eigenvalue weighted by Crippen LogP contribution is -2.55. The van der Waals surface area contributed by atoms with Crippen LogP contribution in [0.25, 0.3) is 0 Å². The topological polar surface area (TPSA) is 94.9 Å². The van der Waals surface area contributed by atoms with Crippen LogP contribution in [0, 0.1) is 0 Å². The number of carbonyl (C=O) groups excluding carboxylic acids is 2. The molecule has 2 aliphatic heterocycles. The summed E-state index contributed by atoms with van der Waals surface area (Å²) in [6.07, 6.45) is 3.15. The van der Waals surface area contributed by atoms with Gasteiger partial charge in [0.2, 0.25) is 11.8 Å². The molecule has 0 bridgehead atoms. The molecule has 9 nitrogen and oxygen atoms in total. The second-order valence-electron chi connectivity index (χ2n) is 6.26. The fraction of sp³-hybridized carbons (Fsp3) is 0.688. The standard InChI is InChI=1S/C16H24N4O5/c1-3-20-7-12(4-17-20)25-15-9-23-8-14(15)18-16(22)10-24-13-5-19(6-13)11(2)21/h4,7,13-15H,3,5-6,8-10H2,1-2H3,(H,18,22)/t14-,15+/m0/s1. The first kappa shape index (κ1) is 17.7. The molecule has 1 aromatic heterocycles. The number of hydrogen-bond acceptors (Lipinski definition) is 6. The molecular formula is C16H24N4O5.